The standard InChI is InChI=1S/C22H16BrN5O3/c23-18-10-8-15(9-11-18)13-27-14-20(28(30)31)21(26-27)22(29)25-24-12-17-6-3-5-16-4-1-2-7-19(16)17/h1-12,14H,13H2,(H,25,29). The number of carbonyl (C=O) groups is 1. The Morgan fingerprint density at radius 3 is 2.65 bits per heavy atom. The average molecular weight is 478 g/mol. The molecule has 0 aliphatic heterocycles. The lowest BCUT2D eigenvalue weighted by Crippen LogP contribution is -2.19. The molecule has 0 aliphatic rings. The number of benzene rings is 3. The molecule has 0 saturated carbocycles. The first-order valence-electron chi connectivity index (χ1n) is 9.29. The molecule has 8 nitrogen and oxygen atoms in total. The number of nitrogens with one attached hydrogen (secondary N) is 1. The van der Waals surface area contributed by atoms with Gasteiger partial charge in [0.2, 0.25) is 5.69 Å². The molecule has 154 valence electrons. The van der Waals surface area contributed by atoms with E-state index in [4.69, 9.17) is 0 Å². The van der Waals surface area contributed by atoms with E-state index in [1.807, 2.05) is 66.7 Å². The first-order valence-corrected chi connectivity index (χ1v) is 10.1. The second-order valence-corrected chi connectivity index (χ2v) is 7.63. The number of hydrazone groups is 1. The fourth-order valence-electron chi connectivity index (χ4n) is 3.14. The lowest BCUT2D eigenvalue weighted by molar-refractivity contribution is -0.385. The molecule has 0 unspecified atom stereocenters. The Morgan fingerprint density at radius 1 is 1.13 bits per heavy atom. The highest BCUT2D eigenvalue weighted by molar-refractivity contribution is 9.10. The van der Waals surface area contributed by atoms with E-state index in [1.54, 1.807) is 0 Å². The van der Waals surface area contributed by atoms with Crippen LogP contribution in [0.25, 0.3) is 10.8 Å². The molecule has 4 aromatic rings. The van der Waals surface area contributed by atoms with Crippen LogP contribution in [0.15, 0.2) is 82.5 Å². The molecular weight excluding hydrogens is 462 g/mol. The molecule has 0 bridgehead atoms. The summed E-state index contributed by atoms with van der Waals surface area (Å²) in [6, 6.07) is 21.0. The molecule has 0 aliphatic carbocycles. The van der Waals surface area contributed by atoms with E-state index >= 15 is 0 Å². The second kappa shape index (κ2) is 8.88. The van der Waals surface area contributed by atoms with Crippen LogP contribution in [0.1, 0.15) is 21.6 Å². The van der Waals surface area contributed by atoms with E-state index in [0.29, 0.717) is 6.54 Å². The SMILES string of the molecule is O=C(NN=Cc1cccc2ccccc12)c1nn(Cc2ccc(Br)cc2)cc1[N+](=O)[O-]. The number of halogens is 1. The van der Waals surface area contributed by atoms with Crippen LogP contribution in [-0.2, 0) is 6.54 Å². The molecule has 0 fully saturated rings. The molecule has 31 heavy (non-hydrogen) atoms. The number of fused-ring (bicyclic) bond motifs is 1. The average Bonchev–Trinajstić information content (AvgIpc) is 3.20. The van der Waals surface area contributed by atoms with Crippen molar-refractivity contribution in [2.45, 2.75) is 6.54 Å². The maximum absolute atomic E-state index is 12.5. The second-order valence-electron chi connectivity index (χ2n) is 6.71. The molecule has 4 rings (SSSR count). The third-order valence-electron chi connectivity index (χ3n) is 4.61. The van der Waals surface area contributed by atoms with Crippen molar-refractivity contribution in [1.29, 1.82) is 0 Å². The lowest BCUT2D eigenvalue weighted by Gasteiger charge is -2.02. The Labute approximate surface area is 185 Å². The molecule has 3 aromatic carbocycles. The molecule has 1 aromatic heterocycles. The molecule has 1 N–H and O–H groups in total. The number of amides is 1. The Bertz CT molecular complexity index is 1290. The fraction of sp³-hybridized carbons (Fsp3) is 0.0455. The number of hydrogen-bond acceptors (Lipinski definition) is 5. The number of rotatable bonds is 6. The molecule has 0 saturated heterocycles. The Hall–Kier alpha value is -3.85. The Kier molecular flexibility index (Phi) is 5.85. The van der Waals surface area contributed by atoms with Gasteiger partial charge in [0.25, 0.3) is 5.91 Å². The predicted molar refractivity (Wildman–Crippen MR) is 121 cm³/mol. The van der Waals surface area contributed by atoms with E-state index in [-0.39, 0.29) is 11.4 Å². The van der Waals surface area contributed by atoms with Crippen LogP contribution in [0, 0.1) is 10.1 Å². The van der Waals surface area contributed by atoms with Crippen LogP contribution < -0.4 is 5.43 Å². The van der Waals surface area contributed by atoms with E-state index < -0.39 is 10.8 Å². The minimum Gasteiger partial charge on any atom is -0.265 e. The van der Waals surface area contributed by atoms with Gasteiger partial charge in [0.1, 0.15) is 6.20 Å². The quantitative estimate of drug-likeness (QED) is 0.250. The van der Waals surface area contributed by atoms with Crippen molar-refractivity contribution < 1.29 is 9.72 Å². The zero-order valence-electron chi connectivity index (χ0n) is 16.1. The topological polar surface area (TPSA) is 102 Å². The van der Waals surface area contributed by atoms with Crippen LogP contribution in [0.3, 0.4) is 0 Å². The predicted octanol–water partition coefficient (Wildman–Crippen LogP) is 4.52. The van der Waals surface area contributed by atoms with Gasteiger partial charge in [-0.05, 0) is 28.5 Å². The lowest BCUT2D eigenvalue weighted by atomic mass is 10.1. The van der Waals surface area contributed by atoms with Crippen LogP contribution in [0.4, 0.5) is 5.69 Å². The zero-order chi connectivity index (χ0) is 21.8. The highest BCUT2D eigenvalue weighted by Gasteiger charge is 2.25. The van der Waals surface area contributed by atoms with Crippen molar-refractivity contribution in [2.24, 2.45) is 5.10 Å². The fourth-order valence-corrected chi connectivity index (χ4v) is 3.40. The molecule has 1 heterocycles. The van der Waals surface area contributed by atoms with E-state index in [9.17, 15) is 14.9 Å². The zero-order valence-corrected chi connectivity index (χ0v) is 17.7. The van der Waals surface area contributed by atoms with Gasteiger partial charge in [-0.1, -0.05) is 70.5 Å². The summed E-state index contributed by atoms with van der Waals surface area (Å²) in [7, 11) is 0. The van der Waals surface area contributed by atoms with Crippen LogP contribution >= 0.6 is 15.9 Å². The number of carbonyl (C=O) groups excluding carboxylic acids is 1. The van der Waals surface area contributed by atoms with E-state index in [2.05, 4.69) is 31.6 Å². The van der Waals surface area contributed by atoms with Gasteiger partial charge >= 0.3 is 5.69 Å². The van der Waals surface area contributed by atoms with Gasteiger partial charge in [0.05, 0.1) is 17.7 Å². The number of nitro groups is 1. The highest BCUT2D eigenvalue weighted by Crippen LogP contribution is 2.19. The van der Waals surface area contributed by atoms with Gasteiger partial charge in [0.15, 0.2) is 0 Å². The monoisotopic (exact) mass is 477 g/mol. The van der Waals surface area contributed by atoms with Crippen LogP contribution in [0.2, 0.25) is 0 Å². The van der Waals surface area contributed by atoms with Gasteiger partial charge in [-0.25, -0.2) is 5.43 Å². The highest BCUT2D eigenvalue weighted by atomic mass is 79.9. The summed E-state index contributed by atoms with van der Waals surface area (Å²) < 4.78 is 2.29. The molecule has 0 radical (unpaired) electrons. The largest absolute Gasteiger partial charge is 0.320 e. The summed E-state index contributed by atoms with van der Waals surface area (Å²) in [5.74, 6) is -0.752. The van der Waals surface area contributed by atoms with Crippen molar-refractivity contribution in [3.63, 3.8) is 0 Å². The summed E-state index contributed by atoms with van der Waals surface area (Å²) in [4.78, 5) is 23.3. The molecule has 0 spiro atoms. The van der Waals surface area contributed by atoms with Crippen molar-refractivity contribution in [1.82, 2.24) is 15.2 Å². The molecule has 0 atom stereocenters. The van der Waals surface area contributed by atoms with Crippen molar-refractivity contribution >= 4 is 44.5 Å². The smallest absolute Gasteiger partial charge is 0.265 e. The first kappa shape index (κ1) is 20.4. The minimum absolute atomic E-state index is 0.292. The summed E-state index contributed by atoms with van der Waals surface area (Å²) in [6.45, 7) is 0.292. The van der Waals surface area contributed by atoms with Gasteiger partial charge in [0, 0.05) is 10.0 Å². The van der Waals surface area contributed by atoms with E-state index in [1.165, 1.54) is 17.1 Å². The number of aromatic nitrogens is 2. The van der Waals surface area contributed by atoms with Crippen molar-refractivity contribution in [3.8, 4) is 0 Å². The summed E-state index contributed by atoms with van der Waals surface area (Å²) in [5, 5.41) is 21.5. The van der Waals surface area contributed by atoms with Crippen molar-refractivity contribution in [3.05, 3.63) is 104 Å². The first-order chi connectivity index (χ1) is 15.0. The summed E-state index contributed by atoms with van der Waals surface area (Å²) in [6.07, 6.45) is 2.75. The van der Waals surface area contributed by atoms with Gasteiger partial charge in [-0.2, -0.15) is 10.2 Å². The maximum Gasteiger partial charge on any atom is 0.320 e. The summed E-state index contributed by atoms with van der Waals surface area (Å²) >= 11 is 3.36. The number of hydrogen-bond donors (Lipinski definition) is 1. The Morgan fingerprint density at radius 2 is 1.87 bits per heavy atom. The Balaban J connectivity index is 1.53. The summed E-state index contributed by atoms with van der Waals surface area (Å²) in [5.41, 5.74) is 3.37. The maximum atomic E-state index is 12.5. The third-order valence-corrected chi connectivity index (χ3v) is 5.13. The molecular formula is C22H16BrN5O3. The van der Waals surface area contributed by atoms with Crippen LogP contribution in [-0.4, -0.2) is 26.8 Å². The van der Waals surface area contributed by atoms with Gasteiger partial charge < -0.3 is 0 Å². The van der Waals surface area contributed by atoms with Crippen LogP contribution in [0.5, 0.6) is 0 Å². The molecule has 1 amide bonds. The van der Waals surface area contributed by atoms with Crippen molar-refractivity contribution in [2.75, 3.05) is 0 Å². The normalized spacial score (nSPS) is 11.1. The molecule has 9 heteroatoms. The number of nitrogens with zero attached hydrogens (tertiary/aromatic N) is 4. The van der Waals surface area contributed by atoms with Gasteiger partial charge in [-0.15, -0.1) is 0 Å². The van der Waals surface area contributed by atoms with E-state index in [0.717, 1.165) is 26.4 Å². The van der Waals surface area contributed by atoms with Gasteiger partial charge in [-0.3, -0.25) is 19.6 Å². The minimum atomic E-state index is -0.752. The third kappa shape index (κ3) is 4.67.